The molecular weight excluding hydrogens is 495 g/mol. The molecule has 0 saturated carbocycles. The first-order valence-electron chi connectivity index (χ1n) is 12.6. The number of carbonyl (C=O) groups is 2. The molecule has 6 nitrogen and oxygen atoms in total. The molecule has 2 atom stereocenters. The van der Waals surface area contributed by atoms with Crippen LogP contribution in [-0.2, 0) is 28.9 Å². The fraction of sp³-hybridized carbons (Fsp3) is 0.379. The Morgan fingerprint density at radius 2 is 1.74 bits per heavy atom. The first-order valence-corrected chi connectivity index (χ1v) is 12.6. The molecule has 202 valence electrons. The Kier molecular flexibility index (Phi) is 8.26. The highest BCUT2D eigenvalue weighted by Crippen LogP contribution is 2.33. The van der Waals surface area contributed by atoms with Crippen LogP contribution in [-0.4, -0.2) is 46.8 Å². The summed E-state index contributed by atoms with van der Waals surface area (Å²) in [5.41, 5.74) is 1.24. The van der Waals surface area contributed by atoms with Crippen LogP contribution in [0.3, 0.4) is 0 Å². The molecule has 1 saturated heterocycles. The zero-order chi connectivity index (χ0) is 27.4. The average molecular weight is 528 g/mol. The van der Waals surface area contributed by atoms with Gasteiger partial charge in [-0.1, -0.05) is 56.3 Å². The topological polar surface area (TPSA) is 65.8 Å². The normalized spacial score (nSPS) is 18.6. The highest BCUT2D eigenvalue weighted by atomic mass is 19.4. The molecule has 1 aliphatic heterocycles. The fourth-order valence-corrected chi connectivity index (χ4v) is 4.90. The van der Waals surface area contributed by atoms with Crippen molar-refractivity contribution in [2.45, 2.75) is 52.1 Å². The van der Waals surface area contributed by atoms with Gasteiger partial charge in [0.05, 0.1) is 11.8 Å². The molecule has 2 aromatic carbocycles. The summed E-state index contributed by atoms with van der Waals surface area (Å²) in [5.74, 6) is -0.0724. The molecule has 2 amide bonds. The van der Waals surface area contributed by atoms with Gasteiger partial charge in [0.25, 0.3) is 0 Å². The summed E-state index contributed by atoms with van der Waals surface area (Å²) in [7, 11) is 0. The van der Waals surface area contributed by atoms with Crippen LogP contribution in [0.4, 0.5) is 13.2 Å². The maximum absolute atomic E-state index is 13.6. The molecule has 4 rings (SSSR count). The molecule has 1 fully saturated rings. The van der Waals surface area contributed by atoms with Gasteiger partial charge in [-0.05, 0) is 36.2 Å². The summed E-state index contributed by atoms with van der Waals surface area (Å²) in [6, 6.07) is 15.5. The molecule has 1 aromatic heterocycles. The van der Waals surface area contributed by atoms with Crippen LogP contribution in [0.2, 0.25) is 0 Å². The number of nitrogens with zero attached hydrogens (tertiary/aromatic N) is 2. The summed E-state index contributed by atoms with van der Waals surface area (Å²) in [5, 5.41) is 2.92. The van der Waals surface area contributed by atoms with E-state index in [4.69, 9.17) is 4.42 Å². The second kappa shape index (κ2) is 11.4. The van der Waals surface area contributed by atoms with Crippen LogP contribution in [0.5, 0.6) is 0 Å². The van der Waals surface area contributed by atoms with E-state index in [0.29, 0.717) is 6.54 Å². The van der Waals surface area contributed by atoms with E-state index in [0.717, 1.165) is 23.0 Å². The van der Waals surface area contributed by atoms with Crippen LogP contribution >= 0.6 is 0 Å². The lowest BCUT2D eigenvalue weighted by Gasteiger charge is -2.45. The summed E-state index contributed by atoms with van der Waals surface area (Å²) in [6.45, 7) is 6.16. The molecular formula is C29H32F3N3O3. The zero-order valence-corrected chi connectivity index (χ0v) is 21.7. The van der Waals surface area contributed by atoms with Crippen LogP contribution < -0.4 is 5.32 Å². The second-order valence-electron chi connectivity index (χ2n) is 10.0. The minimum atomic E-state index is -4.47. The molecule has 9 heteroatoms. The molecule has 0 aliphatic carbocycles. The monoisotopic (exact) mass is 527 g/mol. The molecule has 1 N–H and O–H groups in total. The smallest absolute Gasteiger partial charge is 0.416 e. The maximum Gasteiger partial charge on any atom is 0.416 e. The van der Waals surface area contributed by atoms with Crippen LogP contribution in [0, 0.1) is 5.92 Å². The van der Waals surface area contributed by atoms with Crippen molar-refractivity contribution in [1.29, 1.82) is 0 Å². The van der Waals surface area contributed by atoms with E-state index in [1.165, 1.54) is 12.1 Å². The molecule has 3 aromatic rings. The van der Waals surface area contributed by atoms with Crippen molar-refractivity contribution < 1.29 is 27.2 Å². The van der Waals surface area contributed by atoms with Crippen molar-refractivity contribution in [3.05, 3.63) is 83.6 Å². The lowest BCUT2D eigenvalue weighted by molar-refractivity contribution is -0.150. The maximum atomic E-state index is 13.6. The Bertz CT molecular complexity index is 1240. The number of amides is 2. The molecule has 2 heterocycles. The second-order valence-corrected chi connectivity index (χ2v) is 10.0. The minimum absolute atomic E-state index is 0.0295. The van der Waals surface area contributed by atoms with Crippen LogP contribution in [0.25, 0.3) is 11.3 Å². The van der Waals surface area contributed by atoms with Gasteiger partial charge in [-0.25, -0.2) is 0 Å². The predicted octanol–water partition coefficient (Wildman–Crippen LogP) is 5.34. The van der Waals surface area contributed by atoms with E-state index >= 15 is 0 Å². The number of rotatable bonds is 7. The highest BCUT2D eigenvalue weighted by Gasteiger charge is 2.41. The van der Waals surface area contributed by atoms with Crippen molar-refractivity contribution in [1.82, 2.24) is 15.1 Å². The number of furan rings is 1. The lowest BCUT2D eigenvalue weighted by Crippen LogP contribution is -2.64. The Morgan fingerprint density at radius 1 is 1.03 bits per heavy atom. The van der Waals surface area contributed by atoms with E-state index in [9.17, 15) is 22.8 Å². The number of alkyl halides is 3. The van der Waals surface area contributed by atoms with E-state index in [2.05, 4.69) is 5.32 Å². The van der Waals surface area contributed by atoms with Gasteiger partial charge in [0, 0.05) is 43.7 Å². The first-order chi connectivity index (χ1) is 18.0. The number of benzene rings is 2. The van der Waals surface area contributed by atoms with Gasteiger partial charge in [0.1, 0.15) is 11.8 Å². The molecule has 0 spiro atoms. The van der Waals surface area contributed by atoms with Gasteiger partial charge in [0.2, 0.25) is 11.8 Å². The predicted molar refractivity (Wildman–Crippen MR) is 138 cm³/mol. The number of carbonyl (C=O) groups excluding carboxylic acids is 2. The first kappa shape index (κ1) is 27.4. The van der Waals surface area contributed by atoms with Crippen molar-refractivity contribution in [3.8, 4) is 11.3 Å². The Balaban J connectivity index is 1.50. The Labute approximate surface area is 220 Å². The van der Waals surface area contributed by atoms with Gasteiger partial charge in [0.15, 0.2) is 0 Å². The summed E-state index contributed by atoms with van der Waals surface area (Å²) < 4.78 is 46.1. The minimum Gasteiger partial charge on any atom is -0.464 e. The third-order valence-electron chi connectivity index (χ3n) is 6.76. The van der Waals surface area contributed by atoms with E-state index in [-0.39, 0.29) is 49.0 Å². The SMILES string of the molecule is CC(C)C(=O)N1C(C)CN(Cc2ccccc2C(F)(F)F)CC1C(=O)NCc1ccc(-c2ccco2)cc1. The van der Waals surface area contributed by atoms with Gasteiger partial charge in [-0.2, -0.15) is 13.2 Å². The van der Waals surface area contributed by atoms with Crippen molar-refractivity contribution in [3.63, 3.8) is 0 Å². The zero-order valence-electron chi connectivity index (χ0n) is 21.7. The van der Waals surface area contributed by atoms with Gasteiger partial charge in [-0.15, -0.1) is 0 Å². The van der Waals surface area contributed by atoms with Crippen LogP contribution in [0.1, 0.15) is 37.5 Å². The number of nitrogens with one attached hydrogen (secondary N) is 1. The number of hydrogen-bond donors (Lipinski definition) is 1. The van der Waals surface area contributed by atoms with E-state index in [1.807, 2.05) is 48.2 Å². The molecule has 38 heavy (non-hydrogen) atoms. The Hall–Kier alpha value is -3.59. The molecule has 0 radical (unpaired) electrons. The van der Waals surface area contributed by atoms with Gasteiger partial charge >= 0.3 is 6.18 Å². The van der Waals surface area contributed by atoms with Crippen LogP contribution in [0.15, 0.2) is 71.3 Å². The third kappa shape index (κ3) is 6.27. The fourth-order valence-electron chi connectivity index (χ4n) is 4.90. The van der Waals surface area contributed by atoms with Gasteiger partial charge < -0.3 is 14.6 Å². The highest BCUT2D eigenvalue weighted by molar-refractivity contribution is 5.89. The van der Waals surface area contributed by atoms with Crippen molar-refractivity contribution in [2.24, 2.45) is 5.92 Å². The average Bonchev–Trinajstić information content (AvgIpc) is 3.41. The molecule has 1 aliphatic rings. The summed E-state index contributed by atoms with van der Waals surface area (Å²) >= 11 is 0. The van der Waals surface area contributed by atoms with Crippen molar-refractivity contribution >= 4 is 11.8 Å². The number of hydrogen-bond acceptors (Lipinski definition) is 4. The third-order valence-corrected chi connectivity index (χ3v) is 6.76. The lowest BCUT2D eigenvalue weighted by atomic mass is 10.0. The van der Waals surface area contributed by atoms with Crippen molar-refractivity contribution in [2.75, 3.05) is 13.1 Å². The number of piperazine rings is 1. The largest absolute Gasteiger partial charge is 0.464 e. The number of halogens is 3. The molecule has 2 unspecified atom stereocenters. The standard InChI is InChI=1S/C29H32F3N3O3/c1-19(2)28(37)35-20(3)16-34(17-23-7-4-5-8-24(23)29(30,31)32)18-25(35)27(36)33-15-21-10-12-22(13-11-21)26-9-6-14-38-26/h4-14,19-20,25H,15-18H2,1-3H3,(H,33,36). The van der Waals surface area contributed by atoms with Gasteiger partial charge in [-0.3, -0.25) is 14.5 Å². The quantitative estimate of drug-likeness (QED) is 0.451. The molecule has 0 bridgehead atoms. The summed E-state index contributed by atoms with van der Waals surface area (Å²) in [6.07, 6.45) is -2.87. The Morgan fingerprint density at radius 3 is 2.37 bits per heavy atom. The summed E-state index contributed by atoms with van der Waals surface area (Å²) in [4.78, 5) is 29.9. The van der Waals surface area contributed by atoms with E-state index in [1.54, 1.807) is 31.1 Å². The van der Waals surface area contributed by atoms with E-state index < -0.39 is 17.8 Å².